The van der Waals surface area contributed by atoms with Crippen molar-refractivity contribution in [3.05, 3.63) is 46.8 Å². The fourth-order valence-corrected chi connectivity index (χ4v) is 4.29. The van der Waals surface area contributed by atoms with Gasteiger partial charge in [0, 0.05) is 30.4 Å². The number of ether oxygens (including phenoxy) is 1. The number of rotatable bonds is 1. The van der Waals surface area contributed by atoms with Crippen LogP contribution in [0.4, 0.5) is 0 Å². The Hall–Kier alpha value is -1.97. The number of nitrogens with zero attached hydrogens (tertiary/aromatic N) is 1. The Balaban J connectivity index is 1.59. The monoisotopic (exact) mass is 326 g/mol. The summed E-state index contributed by atoms with van der Waals surface area (Å²) in [6.07, 6.45) is 11.0. The number of esters is 1. The quantitative estimate of drug-likeness (QED) is 0.752. The minimum Gasteiger partial charge on any atom is -0.457 e. The molecule has 0 radical (unpaired) electrons. The molecule has 0 aromatic rings. The summed E-state index contributed by atoms with van der Waals surface area (Å²) in [5.74, 6) is 1.09. The first-order valence-electron chi connectivity index (χ1n) is 8.97. The second kappa shape index (κ2) is 5.54. The second-order valence-electron chi connectivity index (χ2n) is 8.13. The lowest BCUT2D eigenvalue weighted by molar-refractivity contribution is -0.150. The Morgan fingerprint density at radius 1 is 1.17 bits per heavy atom. The third kappa shape index (κ3) is 2.68. The molecule has 0 aromatic carbocycles. The second-order valence-corrected chi connectivity index (χ2v) is 8.13. The highest BCUT2D eigenvalue weighted by Crippen LogP contribution is 2.45. The van der Waals surface area contributed by atoms with Gasteiger partial charge in [-0.15, -0.1) is 0 Å². The van der Waals surface area contributed by atoms with Crippen LogP contribution in [0.25, 0.3) is 0 Å². The molecule has 0 amide bonds. The maximum Gasteiger partial charge on any atom is 0.336 e. The Kier molecular flexibility index (Phi) is 3.59. The van der Waals surface area contributed by atoms with Crippen LogP contribution in [0.5, 0.6) is 0 Å². The molecule has 2 atom stereocenters. The van der Waals surface area contributed by atoms with Gasteiger partial charge in [-0.25, -0.2) is 4.79 Å². The first-order chi connectivity index (χ1) is 11.4. The van der Waals surface area contributed by atoms with Gasteiger partial charge >= 0.3 is 5.97 Å². The normalized spacial score (nSPS) is 28.4. The maximum atomic E-state index is 12.3. The van der Waals surface area contributed by atoms with E-state index in [4.69, 9.17) is 4.74 Å². The zero-order valence-electron chi connectivity index (χ0n) is 14.8. The predicted octanol–water partition coefficient (Wildman–Crippen LogP) is 2.91. The van der Waals surface area contributed by atoms with Gasteiger partial charge in [-0.2, -0.15) is 0 Å². The van der Waals surface area contributed by atoms with Crippen LogP contribution in [0.3, 0.4) is 0 Å². The fraction of sp³-hybridized carbons (Fsp3) is 0.550. The van der Waals surface area contributed by atoms with E-state index in [9.17, 15) is 4.79 Å². The fourth-order valence-electron chi connectivity index (χ4n) is 4.29. The first kappa shape index (κ1) is 15.6. The molecule has 1 aliphatic carbocycles. The van der Waals surface area contributed by atoms with E-state index in [0.29, 0.717) is 18.4 Å². The smallest absolute Gasteiger partial charge is 0.336 e. The summed E-state index contributed by atoms with van der Waals surface area (Å²) in [7, 11) is 0. The van der Waals surface area contributed by atoms with Crippen LogP contribution in [-0.4, -0.2) is 36.1 Å². The van der Waals surface area contributed by atoms with Crippen molar-refractivity contribution in [1.82, 2.24) is 10.2 Å². The molecule has 2 saturated heterocycles. The topological polar surface area (TPSA) is 41.6 Å². The van der Waals surface area contributed by atoms with Crippen molar-refractivity contribution in [2.24, 2.45) is 11.8 Å². The number of fused-ring (bicyclic) bond motifs is 5. The molecule has 3 aliphatic heterocycles. The number of allylic oxidation sites excluding steroid dienone is 6. The highest BCUT2D eigenvalue weighted by molar-refractivity contribution is 5.90. The first-order valence-corrected chi connectivity index (χ1v) is 8.97. The van der Waals surface area contributed by atoms with Crippen LogP contribution in [0.15, 0.2) is 46.8 Å². The van der Waals surface area contributed by atoms with E-state index in [1.54, 1.807) is 0 Å². The van der Waals surface area contributed by atoms with Gasteiger partial charge in [-0.1, -0.05) is 6.08 Å². The van der Waals surface area contributed by atoms with Crippen LogP contribution in [0, 0.1) is 11.8 Å². The molecule has 0 aromatic heterocycles. The van der Waals surface area contributed by atoms with E-state index in [-0.39, 0.29) is 5.97 Å². The zero-order valence-corrected chi connectivity index (χ0v) is 14.8. The van der Waals surface area contributed by atoms with Crippen molar-refractivity contribution in [3.8, 4) is 0 Å². The number of nitrogens with one attached hydrogen (secondary N) is 1. The van der Waals surface area contributed by atoms with Crippen molar-refractivity contribution in [2.45, 2.75) is 39.2 Å². The van der Waals surface area contributed by atoms with Crippen molar-refractivity contribution in [3.63, 3.8) is 0 Å². The highest BCUT2D eigenvalue weighted by Gasteiger charge is 2.39. The average Bonchev–Trinajstić information content (AvgIpc) is 3.01. The van der Waals surface area contributed by atoms with E-state index in [0.717, 1.165) is 25.1 Å². The van der Waals surface area contributed by atoms with Crippen LogP contribution in [0.2, 0.25) is 0 Å². The number of hydrogen-bond acceptors (Lipinski definition) is 4. The minimum absolute atomic E-state index is 0.195. The van der Waals surface area contributed by atoms with E-state index >= 15 is 0 Å². The van der Waals surface area contributed by atoms with Crippen LogP contribution < -0.4 is 5.32 Å². The van der Waals surface area contributed by atoms with Gasteiger partial charge in [-0.05, 0) is 63.3 Å². The van der Waals surface area contributed by atoms with Crippen LogP contribution in [0.1, 0.15) is 33.6 Å². The Morgan fingerprint density at radius 2 is 2.00 bits per heavy atom. The Morgan fingerprint density at radius 3 is 2.79 bits per heavy atom. The molecule has 4 heteroatoms. The van der Waals surface area contributed by atoms with Gasteiger partial charge in [0.2, 0.25) is 0 Å². The summed E-state index contributed by atoms with van der Waals surface area (Å²) in [5.41, 5.74) is 4.46. The molecule has 2 fully saturated rings. The van der Waals surface area contributed by atoms with Gasteiger partial charge in [0.05, 0.1) is 12.1 Å². The molecule has 4 aliphatic rings. The van der Waals surface area contributed by atoms with E-state index in [1.807, 2.05) is 26.8 Å². The molecule has 0 spiro atoms. The third-order valence-corrected chi connectivity index (χ3v) is 5.32. The van der Waals surface area contributed by atoms with Gasteiger partial charge in [-0.3, -0.25) is 0 Å². The van der Waals surface area contributed by atoms with E-state index < -0.39 is 5.60 Å². The van der Waals surface area contributed by atoms with Gasteiger partial charge in [0.1, 0.15) is 5.60 Å². The largest absolute Gasteiger partial charge is 0.457 e. The van der Waals surface area contributed by atoms with Crippen LogP contribution in [-0.2, 0) is 9.53 Å². The maximum absolute atomic E-state index is 12.3. The molecule has 24 heavy (non-hydrogen) atoms. The number of hydrogen-bond donors (Lipinski definition) is 1. The van der Waals surface area contributed by atoms with Gasteiger partial charge in [0.15, 0.2) is 0 Å². The summed E-state index contributed by atoms with van der Waals surface area (Å²) in [6, 6.07) is 0. The number of carbonyl (C=O) groups excluding carboxylic acids is 1. The number of piperidine rings is 1. The molecule has 0 bridgehead atoms. The summed E-state index contributed by atoms with van der Waals surface area (Å²) >= 11 is 0. The van der Waals surface area contributed by atoms with Crippen molar-refractivity contribution in [1.29, 1.82) is 0 Å². The molecule has 3 heterocycles. The lowest BCUT2D eigenvalue weighted by Gasteiger charge is -2.43. The minimum atomic E-state index is -0.447. The summed E-state index contributed by atoms with van der Waals surface area (Å²) in [6.45, 7) is 8.50. The van der Waals surface area contributed by atoms with Gasteiger partial charge < -0.3 is 15.0 Å². The predicted molar refractivity (Wildman–Crippen MR) is 94.0 cm³/mol. The van der Waals surface area contributed by atoms with Gasteiger partial charge in [0.25, 0.3) is 0 Å². The summed E-state index contributed by atoms with van der Waals surface area (Å²) in [4.78, 5) is 14.7. The molecule has 0 saturated carbocycles. The zero-order chi connectivity index (χ0) is 16.9. The molecule has 2 unspecified atom stereocenters. The highest BCUT2D eigenvalue weighted by atomic mass is 16.6. The third-order valence-electron chi connectivity index (χ3n) is 5.32. The molecular weight excluding hydrogens is 300 g/mol. The molecule has 1 N–H and O–H groups in total. The van der Waals surface area contributed by atoms with E-state index in [1.165, 1.54) is 23.4 Å². The van der Waals surface area contributed by atoms with Crippen LogP contribution >= 0.6 is 0 Å². The molecule has 128 valence electrons. The van der Waals surface area contributed by atoms with Crippen molar-refractivity contribution >= 4 is 5.97 Å². The SMILES string of the molecule is CC(C)(C)OC(=O)C1=CC=C2C3=CC=C4NCCC4C3CCN2C1. The summed E-state index contributed by atoms with van der Waals surface area (Å²) in [5, 5.41) is 3.52. The Bertz CT molecular complexity index is 691. The van der Waals surface area contributed by atoms with E-state index in [2.05, 4.69) is 28.4 Å². The average molecular weight is 326 g/mol. The molecule has 4 rings (SSSR count). The Labute approximate surface area is 143 Å². The molecule has 4 nitrogen and oxygen atoms in total. The lowest BCUT2D eigenvalue weighted by Crippen LogP contribution is -2.41. The number of carbonyl (C=O) groups is 1. The van der Waals surface area contributed by atoms with Crippen molar-refractivity contribution in [2.75, 3.05) is 19.6 Å². The summed E-state index contributed by atoms with van der Waals surface area (Å²) < 4.78 is 5.52. The van der Waals surface area contributed by atoms with Crippen molar-refractivity contribution < 1.29 is 9.53 Å². The lowest BCUT2D eigenvalue weighted by atomic mass is 9.74. The standard InChI is InChI=1S/C20H26N2O2/c1-20(2,3)24-19(23)13-4-7-18-16-5-6-17-15(8-10-21-17)14(16)9-11-22(18)12-13/h4-7,14-15,21H,8-12H2,1-3H3. The molecular formula is C20H26N2O2.